The van der Waals surface area contributed by atoms with Crippen LogP contribution in [-0.4, -0.2) is 25.1 Å². The molecular formula is C11H13ClF3N3. The van der Waals surface area contributed by atoms with Crippen LogP contribution in [0.1, 0.15) is 12.5 Å². The molecule has 1 rings (SSSR count). The first kappa shape index (κ1) is 14.6. The summed E-state index contributed by atoms with van der Waals surface area (Å²) in [6, 6.07) is 4.30. The number of nitrogen functional groups attached to an aromatic ring is 1. The maximum absolute atomic E-state index is 12.4. The van der Waals surface area contributed by atoms with Crippen LogP contribution in [0.2, 0.25) is 5.02 Å². The molecule has 0 spiro atoms. The van der Waals surface area contributed by atoms with E-state index in [9.17, 15) is 13.2 Å². The molecule has 0 aromatic heterocycles. The van der Waals surface area contributed by atoms with Crippen molar-refractivity contribution < 1.29 is 13.2 Å². The first-order valence-electron chi connectivity index (χ1n) is 5.20. The van der Waals surface area contributed by atoms with E-state index in [0.717, 1.165) is 4.90 Å². The lowest BCUT2D eigenvalue weighted by molar-refractivity contribution is -0.119. The standard InChI is InChI=1S/C11H13ClF3N3/c1-2-18(6-11(13,14)15)9-4-3-7(10(16)17)5-8(9)12/h3-5H,2,6H2,1H3,(H3,16,17). The predicted molar refractivity (Wildman–Crippen MR) is 66.4 cm³/mol. The van der Waals surface area contributed by atoms with Gasteiger partial charge >= 0.3 is 6.18 Å². The summed E-state index contributed by atoms with van der Waals surface area (Å²) >= 11 is 5.91. The van der Waals surface area contributed by atoms with E-state index >= 15 is 0 Å². The minimum atomic E-state index is -4.29. The van der Waals surface area contributed by atoms with Gasteiger partial charge in [-0.05, 0) is 25.1 Å². The second-order valence-corrected chi connectivity index (χ2v) is 4.12. The molecule has 0 radical (unpaired) electrons. The number of nitrogens with one attached hydrogen (secondary N) is 1. The van der Waals surface area contributed by atoms with Gasteiger partial charge in [0.2, 0.25) is 0 Å². The largest absolute Gasteiger partial charge is 0.405 e. The number of halogens is 4. The van der Waals surface area contributed by atoms with Crippen molar-refractivity contribution >= 4 is 23.1 Å². The molecule has 1 aromatic carbocycles. The number of nitrogens with zero attached hydrogens (tertiary/aromatic N) is 1. The van der Waals surface area contributed by atoms with Crippen molar-refractivity contribution in [3.8, 4) is 0 Å². The second-order valence-electron chi connectivity index (χ2n) is 3.71. The van der Waals surface area contributed by atoms with E-state index in [4.69, 9.17) is 22.7 Å². The Kier molecular flexibility index (Phi) is 4.45. The van der Waals surface area contributed by atoms with Crippen LogP contribution in [0.4, 0.5) is 18.9 Å². The summed E-state index contributed by atoms with van der Waals surface area (Å²) in [5.41, 5.74) is 5.93. The molecule has 0 atom stereocenters. The molecule has 0 heterocycles. The molecule has 3 nitrogen and oxygen atoms in total. The van der Waals surface area contributed by atoms with E-state index in [2.05, 4.69) is 0 Å². The molecule has 0 amide bonds. The number of anilines is 1. The Bertz CT molecular complexity index is 446. The summed E-state index contributed by atoms with van der Waals surface area (Å²) in [4.78, 5) is 1.12. The molecule has 7 heteroatoms. The Labute approximate surface area is 108 Å². The number of alkyl halides is 3. The zero-order valence-electron chi connectivity index (χ0n) is 9.68. The summed E-state index contributed by atoms with van der Waals surface area (Å²) < 4.78 is 37.1. The van der Waals surface area contributed by atoms with Crippen LogP contribution in [0.15, 0.2) is 18.2 Å². The lowest BCUT2D eigenvalue weighted by atomic mass is 10.1. The lowest BCUT2D eigenvalue weighted by Gasteiger charge is -2.25. The monoisotopic (exact) mass is 279 g/mol. The Morgan fingerprint density at radius 3 is 2.44 bits per heavy atom. The molecule has 0 fully saturated rings. The first-order chi connectivity index (χ1) is 8.24. The number of hydrogen-bond acceptors (Lipinski definition) is 2. The molecule has 0 saturated heterocycles. The van der Waals surface area contributed by atoms with Crippen LogP contribution < -0.4 is 10.6 Å². The molecule has 100 valence electrons. The fraction of sp³-hybridized carbons (Fsp3) is 0.364. The highest BCUT2D eigenvalue weighted by atomic mass is 35.5. The van der Waals surface area contributed by atoms with Crippen molar-refractivity contribution in [2.75, 3.05) is 18.0 Å². The third-order valence-corrected chi connectivity index (χ3v) is 2.65. The fourth-order valence-electron chi connectivity index (χ4n) is 1.51. The first-order valence-corrected chi connectivity index (χ1v) is 5.58. The molecule has 1 aromatic rings. The minimum Gasteiger partial charge on any atom is -0.384 e. The summed E-state index contributed by atoms with van der Waals surface area (Å²) in [5.74, 6) is -0.178. The zero-order valence-corrected chi connectivity index (χ0v) is 10.4. The number of rotatable bonds is 4. The minimum absolute atomic E-state index is 0.147. The highest BCUT2D eigenvalue weighted by molar-refractivity contribution is 6.33. The van der Waals surface area contributed by atoms with Crippen LogP contribution in [0.3, 0.4) is 0 Å². The number of benzene rings is 1. The van der Waals surface area contributed by atoms with Crippen molar-refractivity contribution in [3.63, 3.8) is 0 Å². The van der Waals surface area contributed by atoms with Gasteiger partial charge in [0.25, 0.3) is 0 Å². The van der Waals surface area contributed by atoms with Gasteiger partial charge in [0.15, 0.2) is 0 Å². The highest BCUT2D eigenvalue weighted by Crippen LogP contribution is 2.29. The third kappa shape index (κ3) is 3.80. The van der Waals surface area contributed by atoms with Gasteiger partial charge < -0.3 is 10.6 Å². The van der Waals surface area contributed by atoms with Crippen LogP contribution in [0.25, 0.3) is 0 Å². The van der Waals surface area contributed by atoms with Crippen molar-refractivity contribution in [1.29, 1.82) is 5.41 Å². The summed E-state index contributed by atoms with van der Waals surface area (Å²) in [6.07, 6.45) is -4.29. The van der Waals surface area contributed by atoms with E-state index in [1.807, 2.05) is 0 Å². The van der Waals surface area contributed by atoms with Gasteiger partial charge in [0.05, 0.1) is 10.7 Å². The maximum atomic E-state index is 12.4. The molecule has 18 heavy (non-hydrogen) atoms. The van der Waals surface area contributed by atoms with E-state index in [-0.39, 0.29) is 23.1 Å². The van der Waals surface area contributed by atoms with Gasteiger partial charge in [-0.1, -0.05) is 11.6 Å². The Hall–Kier alpha value is -1.43. The summed E-state index contributed by atoms with van der Waals surface area (Å²) in [6.45, 7) is 0.724. The SMILES string of the molecule is CCN(CC(F)(F)F)c1ccc(C(=N)N)cc1Cl. The average Bonchev–Trinajstić information content (AvgIpc) is 2.24. The predicted octanol–water partition coefficient (Wildman–Crippen LogP) is 3.01. The normalized spacial score (nSPS) is 11.4. The Morgan fingerprint density at radius 1 is 1.44 bits per heavy atom. The van der Waals surface area contributed by atoms with Crippen LogP contribution in [0.5, 0.6) is 0 Å². The molecule has 0 aliphatic rings. The average molecular weight is 280 g/mol. The zero-order chi connectivity index (χ0) is 13.9. The Balaban J connectivity index is 3.04. The van der Waals surface area contributed by atoms with Gasteiger partial charge in [-0.15, -0.1) is 0 Å². The molecule has 0 saturated carbocycles. The van der Waals surface area contributed by atoms with E-state index in [0.29, 0.717) is 5.56 Å². The Morgan fingerprint density at radius 2 is 2.06 bits per heavy atom. The fourth-order valence-corrected chi connectivity index (χ4v) is 1.81. The van der Waals surface area contributed by atoms with Crippen molar-refractivity contribution in [2.24, 2.45) is 5.73 Å². The van der Waals surface area contributed by atoms with Gasteiger partial charge in [-0.25, -0.2) is 0 Å². The molecule has 3 N–H and O–H groups in total. The quantitative estimate of drug-likeness (QED) is 0.657. The molecular weight excluding hydrogens is 267 g/mol. The topological polar surface area (TPSA) is 53.1 Å². The highest BCUT2D eigenvalue weighted by Gasteiger charge is 2.31. The van der Waals surface area contributed by atoms with Crippen molar-refractivity contribution in [2.45, 2.75) is 13.1 Å². The maximum Gasteiger partial charge on any atom is 0.405 e. The molecule has 0 aliphatic heterocycles. The van der Waals surface area contributed by atoms with E-state index < -0.39 is 12.7 Å². The van der Waals surface area contributed by atoms with E-state index in [1.165, 1.54) is 18.2 Å². The smallest absolute Gasteiger partial charge is 0.384 e. The number of hydrogen-bond donors (Lipinski definition) is 2. The summed E-state index contributed by atoms with van der Waals surface area (Å²) in [5, 5.41) is 7.37. The molecule has 0 unspecified atom stereocenters. The lowest BCUT2D eigenvalue weighted by Crippen LogP contribution is -2.34. The second kappa shape index (κ2) is 5.48. The number of amidine groups is 1. The van der Waals surface area contributed by atoms with Gasteiger partial charge in [-0.3, -0.25) is 5.41 Å². The summed E-state index contributed by atoms with van der Waals surface area (Å²) in [7, 11) is 0. The van der Waals surface area contributed by atoms with Crippen molar-refractivity contribution in [3.05, 3.63) is 28.8 Å². The van der Waals surface area contributed by atoms with Gasteiger partial charge in [0, 0.05) is 12.1 Å². The number of nitrogens with two attached hydrogens (primary N) is 1. The molecule has 0 bridgehead atoms. The van der Waals surface area contributed by atoms with Gasteiger partial charge in [0.1, 0.15) is 12.4 Å². The van der Waals surface area contributed by atoms with Crippen molar-refractivity contribution in [1.82, 2.24) is 0 Å². The van der Waals surface area contributed by atoms with Crippen LogP contribution >= 0.6 is 11.6 Å². The third-order valence-electron chi connectivity index (χ3n) is 2.35. The molecule has 0 aliphatic carbocycles. The van der Waals surface area contributed by atoms with Gasteiger partial charge in [-0.2, -0.15) is 13.2 Å². The van der Waals surface area contributed by atoms with Crippen LogP contribution in [0, 0.1) is 5.41 Å². The van der Waals surface area contributed by atoms with Crippen LogP contribution in [-0.2, 0) is 0 Å². The van der Waals surface area contributed by atoms with E-state index in [1.54, 1.807) is 6.92 Å².